The quantitative estimate of drug-likeness (QED) is 0.353. The highest BCUT2D eigenvalue weighted by atomic mass is 16.5. The van der Waals surface area contributed by atoms with Crippen LogP contribution in [0.15, 0.2) is 0 Å². The molecule has 5 heteroatoms. The molecule has 0 aliphatic rings. The Kier molecular flexibility index (Phi) is 8.27. The van der Waals surface area contributed by atoms with Gasteiger partial charge in [0.1, 0.15) is 6.10 Å². The van der Waals surface area contributed by atoms with Gasteiger partial charge in [0.05, 0.1) is 25.9 Å². The highest BCUT2D eigenvalue weighted by Gasteiger charge is 2.03. The summed E-state index contributed by atoms with van der Waals surface area (Å²) in [7, 11) is 0. The summed E-state index contributed by atoms with van der Waals surface area (Å²) in [5, 5.41) is 34.6. The number of hydrogen-bond donors (Lipinski definition) is 4. The van der Waals surface area contributed by atoms with Crippen LogP contribution in [0.3, 0.4) is 0 Å². The van der Waals surface area contributed by atoms with E-state index in [0.29, 0.717) is 19.4 Å². The van der Waals surface area contributed by atoms with Crippen LogP contribution >= 0.6 is 0 Å². The Hall–Kier alpha value is -0.200. The molecule has 0 aliphatic heterocycles. The molecule has 0 radical (unpaired) electrons. The van der Waals surface area contributed by atoms with Gasteiger partial charge in [-0.05, 0) is 12.8 Å². The lowest BCUT2D eigenvalue weighted by Crippen LogP contribution is -2.20. The summed E-state index contributed by atoms with van der Waals surface area (Å²) in [6.07, 6.45) is -0.417. The summed E-state index contributed by atoms with van der Waals surface area (Å²) < 4.78 is 4.98. The van der Waals surface area contributed by atoms with Gasteiger partial charge in [-0.3, -0.25) is 0 Å². The van der Waals surface area contributed by atoms with Crippen LogP contribution in [0.1, 0.15) is 12.8 Å². The standard InChI is InChI=1S/C8H18O5/c9-4-7(11)2-1-3-13-6-8(12)5-10/h7-12H,1-6H2. The van der Waals surface area contributed by atoms with E-state index in [2.05, 4.69) is 0 Å². The molecule has 4 N–H and O–H groups in total. The van der Waals surface area contributed by atoms with Crippen molar-refractivity contribution >= 4 is 0 Å². The molecule has 0 bridgehead atoms. The molecule has 0 heterocycles. The highest BCUT2D eigenvalue weighted by Crippen LogP contribution is 1.96. The van der Waals surface area contributed by atoms with Crippen LogP contribution in [0, 0.1) is 0 Å². The van der Waals surface area contributed by atoms with E-state index in [9.17, 15) is 0 Å². The maximum atomic E-state index is 8.92. The Morgan fingerprint density at radius 1 is 1.00 bits per heavy atom. The molecule has 13 heavy (non-hydrogen) atoms. The van der Waals surface area contributed by atoms with Gasteiger partial charge in [-0.2, -0.15) is 0 Å². The summed E-state index contributed by atoms with van der Waals surface area (Å²) in [6.45, 7) is -0.0294. The third-order valence-corrected chi connectivity index (χ3v) is 1.56. The smallest absolute Gasteiger partial charge is 0.100 e. The van der Waals surface area contributed by atoms with Gasteiger partial charge in [0.25, 0.3) is 0 Å². The van der Waals surface area contributed by atoms with E-state index in [1.165, 1.54) is 0 Å². The molecule has 80 valence electrons. The third-order valence-electron chi connectivity index (χ3n) is 1.56. The first kappa shape index (κ1) is 12.8. The van der Waals surface area contributed by atoms with Gasteiger partial charge in [-0.15, -0.1) is 0 Å². The number of aliphatic hydroxyl groups excluding tert-OH is 4. The van der Waals surface area contributed by atoms with Crippen LogP contribution < -0.4 is 0 Å². The summed E-state index contributed by atoms with van der Waals surface area (Å²) in [5.74, 6) is 0. The molecule has 0 rings (SSSR count). The first-order chi connectivity index (χ1) is 6.20. The second-order valence-corrected chi connectivity index (χ2v) is 2.89. The largest absolute Gasteiger partial charge is 0.394 e. The molecule has 0 fully saturated rings. The zero-order valence-corrected chi connectivity index (χ0v) is 7.59. The zero-order chi connectivity index (χ0) is 10.1. The Bertz CT molecular complexity index is 96.7. The Morgan fingerprint density at radius 3 is 2.15 bits per heavy atom. The SMILES string of the molecule is OCC(O)CCCOCC(O)CO. The third kappa shape index (κ3) is 8.14. The Morgan fingerprint density at radius 2 is 1.62 bits per heavy atom. The summed E-state index contributed by atoms with van der Waals surface area (Å²) in [5.41, 5.74) is 0. The molecule has 0 aliphatic carbocycles. The molecule has 0 aromatic heterocycles. The Balaban J connectivity index is 3.08. The molecule has 2 atom stereocenters. The molecule has 2 unspecified atom stereocenters. The van der Waals surface area contributed by atoms with E-state index < -0.39 is 12.2 Å². The minimum absolute atomic E-state index is 0.103. The second-order valence-electron chi connectivity index (χ2n) is 2.89. The van der Waals surface area contributed by atoms with Crippen LogP contribution in [-0.2, 0) is 4.74 Å². The van der Waals surface area contributed by atoms with Crippen molar-refractivity contribution < 1.29 is 25.2 Å². The van der Waals surface area contributed by atoms with Gasteiger partial charge < -0.3 is 25.2 Å². The van der Waals surface area contributed by atoms with Crippen molar-refractivity contribution in [1.82, 2.24) is 0 Å². The van der Waals surface area contributed by atoms with E-state index in [-0.39, 0.29) is 19.8 Å². The van der Waals surface area contributed by atoms with Crippen molar-refractivity contribution in [3.63, 3.8) is 0 Å². The first-order valence-electron chi connectivity index (χ1n) is 4.36. The second kappa shape index (κ2) is 8.40. The van der Waals surface area contributed by atoms with Crippen LogP contribution in [-0.4, -0.2) is 59.1 Å². The predicted molar refractivity (Wildman–Crippen MR) is 46.2 cm³/mol. The maximum absolute atomic E-state index is 8.92. The summed E-state index contributed by atoms with van der Waals surface area (Å²) >= 11 is 0. The zero-order valence-electron chi connectivity index (χ0n) is 7.59. The average molecular weight is 194 g/mol. The summed E-state index contributed by atoms with van der Waals surface area (Å²) in [6, 6.07) is 0. The van der Waals surface area contributed by atoms with E-state index >= 15 is 0 Å². The monoisotopic (exact) mass is 194 g/mol. The minimum Gasteiger partial charge on any atom is -0.394 e. The van der Waals surface area contributed by atoms with Crippen molar-refractivity contribution in [2.45, 2.75) is 25.0 Å². The fraction of sp³-hybridized carbons (Fsp3) is 1.00. The topological polar surface area (TPSA) is 90.2 Å². The number of ether oxygens (including phenoxy) is 1. The lowest BCUT2D eigenvalue weighted by Gasteiger charge is -2.09. The van der Waals surface area contributed by atoms with Crippen molar-refractivity contribution in [2.24, 2.45) is 0 Å². The molecule has 0 saturated heterocycles. The molecule has 5 nitrogen and oxygen atoms in total. The van der Waals surface area contributed by atoms with Crippen LogP contribution in [0.25, 0.3) is 0 Å². The van der Waals surface area contributed by atoms with Gasteiger partial charge in [0, 0.05) is 6.61 Å². The van der Waals surface area contributed by atoms with Gasteiger partial charge in [-0.25, -0.2) is 0 Å². The predicted octanol–water partition coefficient (Wildman–Crippen LogP) is -1.51. The van der Waals surface area contributed by atoms with Gasteiger partial charge in [0.15, 0.2) is 0 Å². The van der Waals surface area contributed by atoms with E-state index in [1.54, 1.807) is 0 Å². The molecule has 0 saturated carbocycles. The lowest BCUT2D eigenvalue weighted by molar-refractivity contribution is 0.00134. The van der Waals surface area contributed by atoms with E-state index in [4.69, 9.17) is 25.2 Å². The molecule has 0 spiro atoms. The lowest BCUT2D eigenvalue weighted by atomic mass is 10.2. The van der Waals surface area contributed by atoms with E-state index in [0.717, 1.165) is 0 Å². The highest BCUT2D eigenvalue weighted by molar-refractivity contribution is 4.53. The summed E-state index contributed by atoms with van der Waals surface area (Å²) in [4.78, 5) is 0. The number of aliphatic hydroxyl groups is 4. The fourth-order valence-corrected chi connectivity index (χ4v) is 0.784. The van der Waals surface area contributed by atoms with Crippen molar-refractivity contribution in [2.75, 3.05) is 26.4 Å². The van der Waals surface area contributed by atoms with Crippen LogP contribution in [0.4, 0.5) is 0 Å². The molecule has 0 aromatic carbocycles. The maximum Gasteiger partial charge on any atom is 0.100 e. The average Bonchev–Trinajstić information content (AvgIpc) is 2.16. The van der Waals surface area contributed by atoms with Crippen molar-refractivity contribution in [3.8, 4) is 0 Å². The normalized spacial score (nSPS) is 15.7. The van der Waals surface area contributed by atoms with Crippen molar-refractivity contribution in [3.05, 3.63) is 0 Å². The Labute approximate surface area is 77.6 Å². The van der Waals surface area contributed by atoms with Crippen molar-refractivity contribution in [1.29, 1.82) is 0 Å². The fourth-order valence-electron chi connectivity index (χ4n) is 0.784. The molecular weight excluding hydrogens is 176 g/mol. The van der Waals surface area contributed by atoms with Gasteiger partial charge >= 0.3 is 0 Å². The van der Waals surface area contributed by atoms with E-state index in [1.807, 2.05) is 0 Å². The first-order valence-corrected chi connectivity index (χ1v) is 4.36. The van der Waals surface area contributed by atoms with Gasteiger partial charge in [0.2, 0.25) is 0 Å². The van der Waals surface area contributed by atoms with Gasteiger partial charge in [-0.1, -0.05) is 0 Å². The minimum atomic E-state index is -0.831. The van der Waals surface area contributed by atoms with Crippen LogP contribution in [0.2, 0.25) is 0 Å². The number of rotatable bonds is 8. The van der Waals surface area contributed by atoms with Crippen LogP contribution in [0.5, 0.6) is 0 Å². The molecule has 0 amide bonds. The number of hydrogen-bond acceptors (Lipinski definition) is 5. The molecular formula is C8H18O5. The molecule has 0 aromatic rings.